The van der Waals surface area contributed by atoms with Gasteiger partial charge < -0.3 is 30.1 Å². The van der Waals surface area contributed by atoms with Gasteiger partial charge in [0, 0.05) is 13.0 Å². The summed E-state index contributed by atoms with van der Waals surface area (Å²) in [4.78, 5) is 10.6. The average Bonchev–Trinajstić information content (AvgIpc) is 3.12. The van der Waals surface area contributed by atoms with Gasteiger partial charge in [0.05, 0.1) is 42.7 Å². The first-order chi connectivity index (χ1) is 18.1. The Morgan fingerprint density at radius 1 is 0.923 bits per heavy atom. The molecule has 4 saturated carbocycles. The molecule has 1 unspecified atom stereocenters. The van der Waals surface area contributed by atoms with E-state index in [0.29, 0.717) is 18.8 Å². The van der Waals surface area contributed by atoms with Gasteiger partial charge in [-0.15, -0.1) is 0 Å². The molecule has 39 heavy (non-hydrogen) atoms. The van der Waals surface area contributed by atoms with Crippen molar-refractivity contribution in [3.8, 4) is 0 Å². The summed E-state index contributed by atoms with van der Waals surface area (Å²) in [5.74, 6) is -0.477. The van der Waals surface area contributed by atoms with Gasteiger partial charge >= 0.3 is 7.82 Å². The molecule has 0 spiro atoms. The highest BCUT2D eigenvalue weighted by atomic mass is 31.2. The summed E-state index contributed by atoms with van der Waals surface area (Å²) in [5, 5.41) is 44.7. The number of aliphatic hydroxyl groups is 4. The third kappa shape index (κ3) is 4.53. The Morgan fingerprint density at radius 3 is 2.18 bits per heavy atom. The highest BCUT2D eigenvalue weighted by Crippen LogP contribution is 2.71. The van der Waals surface area contributed by atoms with Crippen molar-refractivity contribution in [1.82, 2.24) is 0 Å². The molecule has 0 amide bonds. The summed E-state index contributed by atoms with van der Waals surface area (Å²) in [6.45, 7) is 13.1. The first-order valence-corrected chi connectivity index (χ1v) is 16.5. The fraction of sp³-hybridized carbons (Fsp3) is 1.00. The van der Waals surface area contributed by atoms with Gasteiger partial charge in [0.1, 0.15) is 0 Å². The molecule has 226 valence electrons. The van der Waals surface area contributed by atoms with Crippen LogP contribution in [0.15, 0.2) is 0 Å². The number of aliphatic hydroxyl groups excluding tert-OH is 4. The van der Waals surface area contributed by atoms with E-state index in [1.165, 1.54) is 0 Å². The molecule has 0 radical (unpaired) electrons. The largest absolute Gasteiger partial charge is 0.472 e. The lowest BCUT2D eigenvalue weighted by molar-refractivity contribution is -0.255. The zero-order valence-corrected chi connectivity index (χ0v) is 25.4. The molecule has 17 atom stereocenters. The smallest absolute Gasteiger partial charge is 0.390 e. The summed E-state index contributed by atoms with van der Waals surface area (Å²) >= 11 is 0. The number of phosphoric ester groups is 1. The van der Waals surface area contributed by atoms with Crippen LogP contribution in [0.4, 0.5) is 0 Å². The van der Waals surface area contributed by atoms with Crippen LogP contribution in [0, 0.1) is 58.2 Å². The Hall–Kier alpha value is -0.0900. The van der Waals surface area contributed by atoms with Crippen LogP contribution in [-0.2, 0) is 18.3 Å². The molecule has 1 aliphatic heterocycles. The highest BCUT2D eigenvalue weighted by molar-refractivity contribution is 7.47. The summed E-state index contributed by atoms with van der Waals surface area (Å²) in [6.07, 6.45) is -2.16. The van der Waals surface area contributed by atoms with E-state index in [9.17, 15) is 29.9 Å². The first kappa shape index (κ1) is 30.4. The van der Waals surface area contributed by atoms with Gasteiger partial charge in [-0.2, -0.15) is 0 Å². The van der Waals surface area contributed by atoms with E-state index in [1.54, 1.807) is 0 Å². The van der Waals surface area contributed by atoms with Gasteiger partial charge in [0.25, 0.3) is 0 Å². The van der Waals surface area contributed by atoms with E-state index >= 15 is 0 Å². The van der Waals surface area contributed by atoms with Crippen molar-refractivity contribution in [1.29, 1.82) is 0 Å². The number of hydrogen-bond donors (Lipinski definition) is 5. The van der Waals surface area contributed by atoms with Gasteiger partial charge in [0.2, 0.25) is 0 Å². The Kier molecular flexibility index (Phi) is 8.00. The zero-order chi connectivity index (χ0) is 28.8. The van der Waals surface area contributed by atoms with E-state index in [-0.39, 0.29) is 41.1 Å². The number of phosphoric acid groups is 1. The van der Waals surface area contributed by atoms with Crippen molar-refractivity contribution >= 4 is 7.82 Å². The lowest BCUT2D eigenvalue weighted by Crippen LogP contribution is -2.68. The SMILES string of the molecule is COP(=O)(O)O[C@@H]1[C@H]2O[C@@H]([C@@H](C)C(C)C)C[C@@H](C)[C@@H]2[C@@]2(C)CC[C@H]3[C@@H]([C@@H](O)[C@@H](O)[C@H]4[C@@H](O)[C@H](O)CC[C@@]43C)[C@H]12. The zero-order valence-electron chi connectivity index (χ0n) is 24.5. The molecule has 5 aliphatic rings. The van der Waals surface area contributed by atoms with Crippen LogP contribution in [0.3, 0.4) is 0 Å². The number of rotatable bonds is 5. The molecule has 10 heteroatoms. The van der Waals surface area contributed by atoms with Crippen molar-refractivity contribution in [2.45, 2.75) is 116 Å². The quantitative estimate of drug-likeness (QED) is 0.312. The average molecular weight is 575 g/mol. The normalized spacial score (nSPS) is 55.7. The Morgan fingerprint density at radius 2 is 1.56 bits per heavy atom. The molecular formula is C29H51O9P. The number of hydrogen-bond acceptors (Lipinski definition) is 8. The summed E-state index contributed by atoms with van der Waals surface area (Å²) in [6, 6.07) is 0. The van der Waals surface area contributed by atoms with Gasteiger partial charge in [-0.3, -0.25) is 9.05 Å². The molecular weight excluding hydrogens is 523 g/mol. The second kappa shape index (κ2) is 10.3. The minimum Gasteiger partial charge on any atom is -0.390 e. The molecule has 4 aliphatic carbocycles. The van der Waals surface area contributed by atoms with Crippen LogP contribution in [-0.4, -0.2) is 75.2 Å². The molecule has 5 N–H and O–H groups in total. The van der Waals surface area contributed by atoms with Crippen LogP contribution in [0.1, 0.15) is 73.6 Å². The second-order valence-electron chi connectivity index (χ2n) is 14.6. The standard InChI is InChI=1S/C29H51O9P/c1-13(2)15(4)18-12-14(3)20-26(37-18)27(38-39(34,35)36-7)21-19-16(8-10-29(20,21)6)28(5)11-9-17(30)23(31)22(28)25(33)24(19)32/h13-27,30-33H,8-12H2,1-7H3,(H,34,35)/t14-,15+,16+,17-,18-,19-,20+,21-,22-,23+,24-,25+,26+,27+,28-,29-/m1/s1. The molecule has 5 rings (SSSR count). The van der Waals surface area contributed by atoms with Crippen LogP contribution in [0.2, 0.25) is 0 Å². The maximum atomic E-state index is 13.0. The van der Waals surface area contributed by atoms with Crippen LogP contribution < -0.4 is 0 Å². The lowest BCUT2D eigenvalue weighted by atomic mass is 9.42. The molecule has 0 bridgehead atoms. The second-order valence-corrected chi connectivity index (χ2v) is 16.1. The molecule has 0 aromatic carbocycles. The minimum absolute atomic E-state index is 0.0220. The van der Waals surface area contributed by atoms with Crippen molar-refractivity contribution < 1.29 is 43.7 Å². The Labute approximate surface area is 233 Å². The molecule has 1 heterocycles. The maximum absolute atomic E-state index is 13.0. The van der Waals surface area contributed by atoms with Gasteiger partial charge in [-0.05, 0) is 84.4 Å². The van der Waals surface area contributed by atoms with Crippen molar-refractivity contribution in [3.63, 3.8) is 0 Å². The molecule has 0 aromatic rings. The van der Waals surface area contributed by atoms with E-state index < -0.39 is 61.7 Å². The Bertz CT molecular complexity index is 963. The summed E-state index contributed by atoms with van der Waals surface area (Å²) in [7, 11) is -3.25. The van der Waals surface area contributed by atoms with E-state index in [2.05, 4.69) is 41.5 Å². The molecule has 0 aromatic heterocycles. The Balaban J connectivity index is 1.59. The van der Waals surface area contributed by atoms with Crippen molar-refractivity contribution in [2.24, 2.45) is 58.2 Å². The fourth-order valence-corrected chi connectivity index (χ4v) is 11.0. The summed E-state index contributed by atoms with van der Waals surface area (Å²) in [5.41, 5.74) is -0.862. The topological polar surface area (TPSA) is 146 Å². The predicted octanol–water partition coefficient (Wildman–Crippen LogP) is 3.36. The monoisotopic (exact) mass is 574 g/mol. The van der Waals surface area contributed by atoms with Gasteiger partial charge in [0.15, 0.2) is 0 Å². The molecule has 1 saturated heterocycles. The van der Waals surface area contributed by atoms with Crippen molar-refractivity contribution in [3.05, 3.63) is 0 Å². The van der Waals surface area contributed by atoms with Gasteiger partial charge in [-0.25, -0.2) is 4.57 Å². The van der Waals surface area contributed by atoms with Gasteiger partial charge in [-0.1, -0.05) is 41.5 Å². The van der Waals surface area contributed by atoms with E-state index in [0.717, 1.165) is 26.4 Å². The minimum atomic E-state index is -4.41. The van der Waals surface area contributed by atoms with E-state index in [1.807, 2.05) is 0 Å². The van der Waals surface area contributed by atoms with E-state index in [4.69, 9.17) is 13.8 Å². The summed E-state index contributed by atoms with van der Waals surface area (Å²) < 4.78 is 30.7. The van der Waals surface area contributed by atoms with Crippen LogP contribution >= 0.6 is 7.82 Å². The third-order valence-electron chi connectivity index (χ3n) is 12.6. The fourth-order valence-electron chi connectivity index (χ4n) is 10.4. The molecule has 9 nitrogen and oxygen atoms in total. The number of ether oxygens (including phenoxy) is 1. The highest BCUT2D eigenvalue weighted by Gasteiger charge is 2.72. The predicted molar refractivity (Wildman–Crippen MR) is 144 cm³/mol. The maximum Gasteiger partial charge on any atom is 0.472 e. The van der Waals surface area contributed by atoms with Crippen LogP contribution in [0.25, 0.3) is 0 Å². The number of fused-ring (bicyclic) bond motifs is 7. The van der Waals surface area contributed by atoms with Crippen LogP contribution in [0.5, 0.6) is 0 Å². The molecule has 5 fully saturated rings. The first-order valence-electron chi connectivity index (χ1n) is 15.0. The lowest BCUT2D eigenvalue weighted by Gasteiger charge is -2.64. The third-order valence-corrected chi connectivity index (χ3v) is 13.5. The van der Waals surface area contributed by atoms with Crippen molar-refractivity contribution in [2.75, 3.05) is 7.11 Å².